The van der Waals surface area contributed by atoms with Crippen LogP contribution in [-0.2, 0) is 0 Å². The zero-order valence-corrected chi connectivity index (χ0v) is 7.21. The highest BCUT2D eigenvalue weighted by atomic mass is 16.3. The molecule has 0 radical (unpaired) electrons. The highest BCUT2D eigenvalue weighted by Crippen LogP contribution is 2.06. The van der Waals surface area contributed by atoms with Crippen molar-refractivity contribution in [3.05, 3.63) is 11.8 Å². The molecule has 0 atom stereocenters. The lowest BCUT2D eigenvalue weighted by Gasteiger charge is -1.98. The first-order chi connectivity index (χ1) is 5.31. The van der Waals surface area contributed by atoms with Gasteiger partial charge in [0.1, 0.15) is 0 Å². The van der Waals surface area contributed by atoms with Crippen LogP contribution in [0.1, 0.15) is 39.0 Å². The van der Waals surface area contributed by atoms with E-state index < -0.39 is 0 Å². The summed E-state index contributed by atoms with van der Waals surface area (Å²) in [5.74, 6) is 0.323. The van der Waals surface area contributed by atoms with E-state index in [1.54, 1.807) is 0 Å². The zero-order chi connectivity index (χ0) is 8.53. The van der Waals surface area contributed by atoms with Gasteiger partial charge >= 0.3 is 0 Å². The van der Waals surface area contributed by atoms with Crippen molar-refractivity contribution in [2.75, 3.05) is 6.61 Å². The van der Waals surface area contributed by atoms with Gasteiger partial charge in [-0.3, -0.25) is 0 Å². The minimum Gasteiger partial charge on any atom is -0.513 e. The fourth-order valence-corrected chi connectivity index (χ4v) is 0.940. The second kappa shape index (κ2) is 7.61. The maximum Gasteiger partial charge on any atom is 0.0905 e. The average molecular weight is 158 g/mol. The minimum absolute atomic E-state index is 0.0559. The first kappa shape index (κ1) is 10.5. The van der Waals surface area contributed by atoms with Crippen molar-refractivity contribution >= 4 is 0 Å². The van der Waals surface area contributed by atoms with Gasteiger partial charge in [0.2, 0.25) is 0 Å². The van der Waals surface area contributed by atoms with E-state index in [9.17, 15) is 0 Å². The Kier molecular flexibility index (Phi) is 7.26. The van der Waals surface area contributed by atoms with Gasteiger partial charge in [0, 0.05) is 6.42 Å². The monoisotopic (exact) mass is 158 g/mol. The topological polar surface area (TPSA) is 40.5 Å². The lowest BCUT2D eigenvalue weighted by molar-refractivity contribution is 0.323. The van der Waals surface area contributed by atoms with E-state index in [2.05, 4.69) is 6.92 Å². The summed E-state index contributed by atoms with van der Waals surface area (Å²) in [6, 6.07) is 0. The van der Waals surface area contributed by atoms with E-state index in [0.29, 0.717) is 12.2 Å². The van der Waals surface area contributed by atoms with Gasteiger partial charge in [-0.05, 0) is 12.5 Å². The largest absolute Gasteiger partial charge is 0.513 e. The third kappa shape index (κ3) is 7.40. The smallest absolute Gasteiger partial charge is 0.0905 e. The predicted octanol–water partition coefficient (Wildman–Crippen LogP) is 2.39. The predicted molar refractivity (Wildman–Crippen MR) is 46.6 cm³/mol. The summed E-state index contributed by atoms with van der Waals surface area (Å²) >= 11 is 0. The van der Waals surface area contributed by atoms with Crippen LogP contribution in [-0.4, -0.2) is 16.8 Å². The lowest BCUT2D eigenvalue weighted by Crippen LogP contribution is -1.85. The van der Waals surface area contributed by atoms with E-state index in [4.69, 9.17) is 10.2 Å². The van der Waals surface area contributed by atoms with Crippen molar-refractivity contribution in [2.45, 2.75) is 39.0 Å². The molecule has 11 heavy (non-hydrogen) atoms. The Morgan fingerprint density at radius 1 is 1.27 bits per heavy atom. The molecular weight excluding hydrogens is 140 g/mol. The zero-order valence-electron chi connectivity index (χ0n) is 7.21. The standard InChI is InChI=1S/C9H18O2/c1-2-3-4-5-6-9(11)7-8-10/h7,10-11H,2-6,8H2,1H3/b9-7-. The van der Waals surface area contributed by atoms with Gasteiger partial charge in [-0.1, -0.05) is 26.2 Å². The number of hydrogen-bond acceptors (Lipinski definition) is 2. The highest BCUT2D eigenvalue weighted by Gasteiger charge is 1.92. The molecule has 0 aliphatic rings. The maximum atomic E-state index is 9.05. The van der Waals surface area contributed by atoms with Crippen LogP contribution in [0.3, 0.4) is 0 Å². The molecule has 0 spiro atoms. The van der Waals surface area contributed by atoms with Crippen LogP contribution in [0.2, 0.25) is 0 Å². The second-order valence-corrected chi connectivity index (χ2v) is 2.69. The highest BCUT2D eigenvalue weighted by molar-refractivity contribution is 4.89. The molecule has 0 fully saturated rings. The number of aliphatic hydroxyl groups is 2. The molecule has 0 aliphatic heterocycles. The molecule has 0 heterocycles. The van der Waals surface area contributed by atoms with Gasteiger partial charge < -0.3 is 10.2 Å². The summed E-state index contributed by atoms with van der Waals surface area (Å²) in [4.78, 5) is 0. The van der Waals surface area contributed by atoms with Crippen LogP contribution in [0, 0.1) is 0 Å². The third-order valence-electron chi connectivity index (χ3n) is 1.61. The van der Waals surface area contributed by atoms with Gasteiger partial charge in [0.25, 0.3) is 0 Å². The molecule has 0 aromatic carbocycles. The van der Waals surface area contributed by atoms with Crippen LogP contribution < -0.4 is 0 Å². The molecule has 0 aliphatic carbocycles. The van der Waals surface area contributed by atoms with Gasteiger partial charge in [-0.25, -0.2) is 0 Å². The number of allylic oxidation sites excluding steroid dienone is 1. The summed E-state index contributed by atoms with van der Waals surface area (Å²) in [5.41, 5.74) is 0. The molecular formula is C9H18O2. The summed E-state index contributed by atoms with van der Waals surface area (Å²) < 4.78 is 0. The van der Waals surface area contributed by atoms with Crippen LogP contribution in [0.15, 0.2) is 11.8 Å². The fraction of sp³-hybridized carbons (Fsp3) is 0.778. The summed E-state index contributed by atoms with van der Waals surface area (Å²) in [6.07, 6.45) is 6.79. The van der Waals surface area contributed by atoms with Crippen molar-refractivity contribution < 1.29 is 10.2 Å². The molecule has 0 unspecified atom stereocenters. The van der Waals surface area contributed by atoms with Gasteiger partial charge in [-0.2, -0.15) is 0 Å². The number of aliphatic hydroxyl groups excluding tert-OH is 2. The molecule has 2 nitrogen and oxygen atoms in total. The molecule has 0 bridgehead atoms. The van der Waals surface area contributed by atoms with Crippen LogP contribution in [0.5, 0.6) is 0 Å². The van der Waals surface area contributed by atoms with E-state index in [0.717, 1.165) is 6.42 Å². The van der Waals surface area contributed by atoms with Gasteiger partial charge in [0.05, 0.1) is 12.4 Å². The number of rotatable bonds is 6. The van der Waals surface area contributed by atoms with Gasteiger partial charge in [-0.15, -0.1) is 0 Å². The molecule has 2 heteroatoms. The second-order valence-electron chi connectivity index (χ2n) is 2.69. The van der Waals surface area contributed by atoms with Crippen LogP contribution in [0.25, 0.3) is 0 Å². The Bertz CT molecular complexity index is 108. The first-order valence-corrected chi connectivity index (χ1v) is 4.30. The summed E-state index contributed by atoms with van der Waals surface area (Å²) in [7, 11) is 0. The number of unbranched alkanes of at least 4 members (excludes halogenated alkanes) is 3. The SMILES string of the molecule is CCCCCC/C(O)=C/CO. The molecule has 66 valence electrons. The fourth-order valence-electron chi connectivity index (χ4n) is 0.940. The third-order valence-corrected chi connectivity index (χ3v) is 1.61. The van der Waals surface area contributed by atoms with E-state index in [1.165, 1.54) is 25.3 Å². The van der Waals surface area contributed by atoms with E-state index in [1.807, 2.05) is 0 Å². The minimum atomic E-state index is -0.0559. The first-order valence-electron chi connectivity index (χ1n) is 4.30. The summed E-state index contributed by atoms with van der Waals surface area (Å²) in [5, 5.41) is 17.5. The van der Waals surface area contributed by atoms with Crippen LogP contribution in [0.4, 0.5) is 0 Å². The Morgan fingerprint density at radius 3 is 2.55 bits per heavy atom. The van der Waals surface area contributed by atoms with E-state index >= 15 is 0 Å². The van der Waals surface area contributed by atoms with Crippen molar-refractivity contribution in [2.24, 2.45) is 0 Å². The molecule has 2 N–H and O–H groups in total. The Hall–Kier alpha value is -0.500. The summed E-state index contributed by atoms with van der Waals surface area (Å²) in [6.45, 7) is 2.10. The molecule has 0 saturated carbocycles. The Labute approximate surface area is 68.6 Å². The molecule has 0 aromatic heterocycles. The molecule has 0 rings (SSSR count). The van der Waals surface area contributed by atoms with Crippen molar-refractivity contribution in [3.63, 3.8) is 0 Å². The van der Waals surface area contributed by atoms with Gasteiger partial charge in [0.15, 0.2) is 0 Å². The average Bonchev–Trinajstić information content (AvgIpc) is 1.99. The Morgan fingerprint density at radius 2 is 2.00 bits per heavy atom. The van der Waals surface area contributed by atoms with Crippen LogP contribution >= 0.6 is 0 Å². The van der Waals surface area contributed by atoms with Crippen molar-refractivity contribution in [1.29, 1.82) is 0 Å². The lowest BCUT2D eigenvalue weighted by atomic mass is 10.1. The number of hydrogen-bond donors (Lipinski definition) is 2. The normalized spacial score (nSPS) is 12.0. The van der Waals surface area contributed by atoms with Crippen molar-refractivity contribution in [3.8, 4) is 0 Å². The molecule has 0 saturated heterocycles. The quantitative estimate of drug-likeness (QED) is 0.460. The van der Waals surface area contributed by atoms with E-state index in [-0.39, 0.29) is 6.61 Å². The molecule has 0 aromatic rings. The Balaban J connectivity index is 3.17. The molecule has 0 amide bonds. The maximum absolute atomic E-state index is 9.05. The van der Waals surface area contributed by atoms with Crippen molar-refractivity contribution in [1.82, 2.24) is 0 Å².